The number of phenolic OH excluding ortho intramolecular Hbond substituents is 1. The van der Waals surface area contributed by atoms with Crippen molar-refractivity contribution in [1.82, 2.24) is 14.4 Å². The van der Waals surface area contributed by atoms with E-state index in [0.29, 0.717) is 36.6 Å². The summed E-state index contributed by atoms with van der Waals surface area (Å²) in [7, 11) is 0. The first-order chi connectivity index (χ1) is 25.9. The van der Waals surface area contributed by atoms with Crippen LogP contribution in [-0.4, -0.2) is 76.7 Å². The van der Waals surface area contributed by atoms with Crippen LogP contribution in [0, 0.1) is 6.92 Å². The molecule has 9 nitrogen and oxygen atoms in total. The smallest absolute Gasteiger partial charge is 0.264 e. The van der Waals surface area contributed by atoms with Crippen LogP contribution in [0.2, 0.25) is 0 Å². The SMILES string of the molecule is Cc1cc(C(=O)N(c2ccc(O)cc2)c2ccc3c(c2)CCN3)cn1-c1cc2c(cc1C(=O)N1Cc3ccccc3C[C@H]1CN1CCOCC1)CCC2. The van der Waals surface area contributed by atoms with E-state index in [9.17, 15) is 9.90 Å². The number of rotatable bonds is 7. The van der Waals surface area contributed by atoms with E-state index in [1.54, 1.807) is 29.2 Å². The molecule has 1 aliphatic carbocycles. The highest BCUT2D eigenvalue weighted by Crippen LogP contribution is 2.36. The Morgan fingerprint density at radius 2 is 1.60 bits per heavy atom. The number of fused-ring (bicyclic) bond motifs is 3. The van der Waals surface area contributed by atoms with E-state index in [0.717, 1.165) is 81.0 Å². The maximum atomic E-state index is 15.1. The second-order valence-electron chi connectivity index (χ2n) is 14.9. The lowest BCUT2D eigenvalue weighted by Gasteiger charge is -2.40. The Morgan fingerprint density at radius 1 is 0.849 bits per heavy atom. The Bertz CT molecular complexity index is 2200. The van der Waals surface area contributed by atoms with Crippen molar-refractivity contribution >= 4 is 28.9 Å². The third-order valence-electron chi connectivity index (χ3n) is 11.5. The number of amides is 2. The van der Waals surface area contributed by atoms with Crippen LogP contribution in [0.3, 0.4) is 0 Å². The first-order valence-electron chi connectivity index (χ1n) is 18.9. The van der Waals surface area contributed by atoms with Crippen molar-refractivity contribution in [1.29, 1.82) is 0 Å². The zero-order valence-corrected chi connectivity index (χ0v) is 30.2. The number of anilines is 3. The molecule has 4 aromatic carbocycles. The molecule has 9 heteroatoms. The van der Waals surface area contributed by atoms with Gasteiger partial charge in [0.05, 0.1) is 30.0 Å². The predicted molar refractivity (Wildman–Crippen MR) is 207 cm³/mol. The summed E-state index contributed by atoms with van der Waals surface area (Å²) in [5.74, 6) is -0.0175. The first-order valence-corrected chi connectivity index (χ1v) is 18.9. The number of phenols is 1. The lowest BCUT2D eigenvalue weighted by atomic mass is 9.92. The van der Waals surface area contributed by atoms with Gasteiger partial charge in [0.1, 0.15) is 5.75 Å². The highest BCUT2D eigenvalue weighted by Gasteiger charge is 2.34. The molecule has 1 fully saturated rings. The molecule has 1 aromatic heterocycles. The van der Waals surface area contributed by atoms with Crippen molar-refractivity contribution in [3.8, 4) is 11.4 Å². The monoisotopic (exact) mass is 707 g/mol. The molecule has 270 valence electrons. The maximum absolute atomic E-state index is 15.1. The second-order valence-corrected chi connectivity index (χ2v) is 14.9. The molecule has 2 amide bonds. The van der Waals surface area contributed by atoms with Crippen molar-refractivity contribution in [2.75, 3.05) is 49.6 Å². The van der Waals surface area contributed by atoms with E-state index in [2.05, 4.69) is 57.6 Å². The van der Waals surface area contributed by atoms with Crippen LogP contribution in [-0.2, 0) is 37.0 Å². The fourth-order valence-electron chi connectivity index (χ4n) is 8.70. The molecule has 53 heavy (non-hydrogen) atoms. The minimum Gasteiger partial charge on any atom is -0.508 e. The fourth-order valence-corrected chi connectivity index (χ4v) is 8.70. The van der Waals surface area contributed by atoms with Crippen LogP contribution >= 0.6 is 0 Å². The van der Waals surface area contributed by atoms with Gasteiger partial charge in [-0.1, -0.05) is 24.3 Å². The summed E-state index contributed by atoms with van der Waals surface area (Å²) in [4.78, 5) is 36.0. The van der Waals surface area contributed by atoms with Crippen LogP contribution < -0.4 is 10.2 Å². The quantitative estimate of drug-likeness (QED) is 0.193. The van der Waals surface area contributed by atoms with Crippen molar-refractivity contribution < 1.29 is 19.4 Å². The third kappa shape index (κ3) is 6.38. The van der Waals surface area contributed by atoms with Gasteiger partial charge in [-0.15, -0.1) is 0 Å². The van der Waals surface area contributed by atoms with Crippen LogP contribution in [0.15, 0.2) is 91.1 Å². The molecule has 0 spiro atoms. The third-order valence-corrected chi connectivity index (χ3v) is 11.5. The second kappa shape index (κ2) is 13.9. The lowest BCUT2D eigenvalue weighted by Crippen LogP contribution is -2.52. The number of carbonyl (C=O) groups is 2. The summed E-state index contributed by atoms with van der Waals surface area (Å²) in [5.41, 5.74) is 11.6. The number of hydrogen-bond donors (Lipinski definition) is 2. The molecule has 0 unspecified atom stereocenters. The molecular weight excluding hydrogens is 663 g/mol. The normalized spacial score (nSPS) is 17.9. The van der Waals surface area contributed by atoms with Gasteiger partial charge in [-0.3, -0.25) is 19.4 Å². The van der Waals surface area contributed by atoms with E-state index in [1.165, 1.54) is 27.8 Å². The van der Waals surface area contributed by atoms with Crippen LogP contribution in [0.1, 0.15) is 60.6 Å². The lowest BCUT2D eigenvalue weighted by molar-refractivity contribution is 0.0193. The van der Waals surface area contributed by atoms with Gasteiger partial charge in [-0.25, -0.2) is 0 Å². The van der Waals surface area contributed by atoms with Crippen LogP contribution in [0.5, 0.6) is 5.75 Å². The number of aryl methyl sites for hydroxylation is 3. The molecule has 1 atom stereocenters. The molecule has 3 aliphatic heterocycles. The van der Waals surface area contributed by atoms with Crippen LogP contribution in [0.4, 0.5) is 17.1 Å². The summed E-state index contributed by atoms with van der Waals surface area (Å²) in [6.45, 7) is 7.41. The molecule has 4 aliphatic rings. The Balaban J connectivity index is 1.10. The Kier molecular flexibility index (Phi) is 8.76. The highest BCUT2D eigenvalue weighted by molar-refractivity contribution is 6.11. The van der Waals surface area contributed by atoms with Gasteiger partial charge in [0.15, 0.2) is 0 Å². The summed E-state index contributed by atoms with van der Waals surface area (Å²) in [5, 5.41) is 13.5. The van der Waals surface area contributed by atoms with Crippen molar-refractivity contribution in [3.05, 3.63) is 136 Å². The molecule has 9 rings (SSSR count). The average Bonchev–Trinajstić information content (AvgIpc) is 3.94. The molecular formula is C44H45N5O4. The highest BCUT2D eigenvalue weighted by atomic mass is 16.5. The predicted octanol–water partition coefficient (Wildman–Crippen LogP) is 6.83. The van der Waals surface area contributed by atoms with E-state index < -0.39 is 0 Å². The van der Waals surface area contributed by atoms with E-state index in [1.807, 2.05) is 35.9 Å². The van der Waals surface area contributed by atoms with Gasteiger partial charge in [0, 0.05) is 67.7 Å². The molecule has 0 bridgehead atoms. The van der Waals surface area contributed by atoms with Crippen molar-refractivity contribution in [3.63, 3.8) is 0 Å². The molecule has 4 heterocycles. The molecule has 0 radical (unpaired) electrons. The van der Waals surface area contributed by atoms with E-state index >= 15 is 4.79 Å². The summed E-state index contributed by atoms with van der Waals surface area (Å²) < 4.78 is 7.69. The van der Waals surface area contributed by atoms with Gasteiger partial charge in [-0.05, 0) is 128 Å². The van der Waals surface area contributed by atoms with Gasteiger partial charge in [0.25, 0.3) is 11.8 Å². The molecule has 5 aromatic rings. The number of aromatic hydroxyl groups is 1. The van der Waals surface area contributed by atoms with E-state index in [4.69, 9.17) is 4.74 Å². The molecule has 1 saturated heterocycles. The number of hydrogen-bond acceptors (Lipinski definition) is 6. The Morgan fingerprint density at radius 3 is 2.42 bits per heavy atom. The van der Waals surface area contributed by atoms with Gasteiger partial charge in [0.2, 0.25) is 0 Å². The zero-order valence-electron chi connectivity index (χ0n) is 30.2. The van der Waals surface area contributed by atoms with Crippen molar-refractivity contribution in [2.45, 2.75) is 51.6 Å². The number of nitrogens with one attached hydrogen (secondary N) is 1. The van der Waals surface area contributed by atoms with Gasteiger partial charge < -0.3 is 24.6 Å². The maximum Gasteiger partial charge on any atom is 0.264 e. The summed E-state index contributed by atoms with van der Waals surface area (Å²) in [6, 6.07) is 27.6. The number of aromatic nitrogens is 1. The number of nitrogens with zero attached hydrogens (tertiary/aromatic N) is 4. The number of carbonyl (C=O) groups excluding carboxylic acids is 2. The van der Waals surface area contributed by atoms with Gasteiger partial charge >= 0.3 is 0 Å². The molecule has 0 saturated carbocycles. The minimum absolute atomic E-state index is 0.0286. The largest absolute Gasteiger partial charge is 0.508 e. The summed E-state index contributed by atoms with van der Waals surface area (Å²) in [6.07, 6.45) is 6.59. The zero-order chi connectivity index (χ0) is 36.1. The van der Waals surface area contributed by atoms with E-state index in [-0.39, 0.29) is 23.6 Å². The average molecular weight is 708 g/mol. The van der Waals surface area contributed by atoms with Crippen LogP contribution in [0.25, 0.3) is 5.69 Å². The Hall–Kier alpha value is -5.38. The molecule has 2 N–H and O–H groups in total. The Labute approximate surface area is 310 Å². The fraction of sp³-hybridized carbons (Fsp3) is 0.318. The standard InChI is InChI=1S/C44H45N5O4/c1-29-21-35(43(51)49(36-9-12-39(50)13-10-36)37-11-14-41-33(23-37)15-16-45-41)27-47(29)42-25-32-8-4-7-31(32)24-40(42)44(52)48-26-34-6-3-2-5-30(34)22-38(48)28-46-17-19-53-20-18-46/h2-3,5-6,9-14,21,23-25,27,38,45,50H,4,7-8,15-20,22,26,28H2,1H3/t38-/m0/s1. The minimum atomic E-state index is -0.185. The number of ether oxygens (including phenoxy) is 1. The topological polar surface area (TPSA) is 90.3 Å². The van der Waals surface area contributed by atoms with Crippen molar-refractivity contribution in [2.24, 2.45) is 0 Å². The number of morpholine rings is 1. The van der Waals surface area contributed by atoms with Gasteiger partial charge in [-0.2, -0.15) is 0 Å². The number of benzene rings is 4. The first kappa shape index (κ1) is 33.5. The summed E-state index contributed by atoms with van der Waals surface area (Å²) >= 11 is 0.